The molecule has 0 aliphatic rings. The molecule has 0 aliphatic heterocycles. The maximum absolute atomic E-state index is 5.68. The number of nitrogens with two attached hydrogens (primary N) is 1. The van der Waals surface area contributed by atoms with E-state index in [1.807, 2.05) is 25.1 Å². The number of anilines is 3. The maximum Gasteiger partial charge on any atom is 0.224 e. The fourth-order valence-electron chi connectivity index (χ4n) is 1.80. The second kappa shape index (κ2) is 4.51. The van der Waals surface area contributed by atoms with Gasteiger partial charge in [-0.2, -0.15) is 9.97 Å². The normalized spacial score (nSPS) is 10.8. The molecule has 19 heavy (non-hydrogen) atoms. The molecule has 0 saturated heterocycles. The summed E-state index contributed by atoms with van der Waals surface area (Å²) in [5.41, 5.74) is 9.00. The second-order valence-electron chi connectivity index (χ2n) is 4.14. The summed E-state index contributed by atoms with van der Waals surface area (Å²) in [7, 11) is 0. The third-order valence-corrected chi connectivity index (χ3v) is 3.37. The number of benzene rings is 1. The van der Waals surface area contributed by atoms with Crippen molar-refractivity contribution in [2.24, 2.45) is 0 Å². The number of H-pyrrole nitrogens is 1. The van der Waals surface area contributed by atoms with Gasteiger partial charge in [0.25, 0.3) is 0 Å². The smallest absolute Gasteiger partial charge is 0.224 e. The highest BCUT2D eigenvalue weighted by atomic mass is 79.9. The van der Waals surface area contributed by atoms with Crippen LogP contribution in [0.3, 0.4) is 0 Å². The molecular weight excluding hydrogens is 308 g/mol. The fraction of sp³-hybridized carbons (Fsp3) is 0.0833. The Bertz CT molecular complexity index is 751. The quantitative estimate of drug-likeness (QED) is 0.675. The van der Waals surface area contributed by atoms with Gasteiger partial charge in [0.2, 0.25) is 5.95 Å². The molecule has 3 aromatic rings. The van der Waals surface area contributed by atoms with E-state index in [0.29, 0.717) is 11.5 Å². The van der Waals surface area contributed by atoms with Crippen molar-refractivity contribution in [3.05, 3.63) is 34.6 Å². The lowest BCUT2D eigenvalue weighted by atomic mass is 10.2. The molecule has 0 bridgehead atoms. The molecule has 3 rings (SSSR count). The van der Waals surface area contributed by atoms with Gasteiger partial charge in [-0.25, -0.2) is 4.98 Å². The van der Waals surface area contributed by atoms with Crippen LogP contribution < -0.4 is 11.1 Å². The van der Waals surface area contributed by atoms with Gasteiger partial charge in [0.05, 0.1) is 12.0 Å². The number of rotatable bonds is 2. The van der Waals surface area contributed by atoms with Gasteiger partial charge in [-0.3, -0.25) is 0 Å². The molecule has 0 radical (unpaired) electrons. The number of nitrogen functional groups attached to an aromatic ring is 1. The first kappa shape index (κ1) is 11.9. The average molecular weight is 319 g/mol. The zero-order chi connectivity index (χ0) is 13.4. The van der Waals surface area contributed by atoms with E-state index in [4.69, 9.17) is 5.73 Å². The van der Waals surface area contributed by atoms with Gasteiger partial charge in [-0.05, 0) is 40.5 Å². The van der Waals surface area contributed by atoms with Gasteiger partial charge in [-0.15, -0.1) is 0 Å². The summed E-state index contributed by atoms with van der Waals surface area (Å²) < 4.78 is 0.947. The van der Waals surface area contributed by atoms with Crippen molar-refractivity contribution in [1.29, 1.82) is 0 Å². The van der Waals surface area contributed by atoms with Crippen LogP contribution in [0.5, 0.6) is 0 Å². The Labute approximate surface area is 117 Å². The van der Waals surface area contributed by atoms with Crippen LogP contribution >= 0.6 is 15.9 Å². The molecule has 0 fully saturated rings. The highest BCUT2D eigenvalue weighted by molar-refractivity contribution is 9.10. The molecule has 1 aromatic carbocycles. The molecule has 0 aliphatic carbocycles. The Morgan fingerprint density at radius 3 is 3.00 bits per heavy atom. The zero-order valence-corrected chi connectivity index (χ0v) is 11.7. The number of fused-ring (bicyclic) bond motifs is 1. The first-order chi connectivity index (χ1) is 9.13. The van der Waals surface area contributed by atoms with E-state index in [1.165, 1.54) is 0 Å². The van der Waals surface area contributed by atoms with E-state index in [9.17, 15) is 0 Å². The number of aromatic nitrogens is 4. The lowest BCUT2D eigenvalue weighted by Crippen LogP contribution is -2.01. The van der Waals surface area contributed by atoms with Crippen molar-refractivity contribution >= 4 is 44.5 Å². The molecule has 0 saturated carbocycles. The summed E-state index contributed by atoms with van der Waals surface area (Å²) in [6.45, 7) is 2.03. The molecule has 6 nitrogen and oxygen atoms in total. The summed E-state index contributed by atoms with van der Waals surface area (Å²) in [5, 5.41) is 3.23. The lowest BCUT2D eigenvalue weighted by molar-refractivity contribution is 1.21. The third kappa shape index (κ3) is 2.24. The number of aromatic amines is 1. The van der Waals surface area contributed by atoms with Crippen molar-refractivity contribution in [2.75, 3.05) is 11.1 Å². The van der Waals surface area contributed by atoms with Crippen LogP contribution in [0.2, 0.25) is 0 Å². The first-order valence-corrected chi connectivity index (χ1v) is 6.42. The number of halogens is 1. The van der Waals surface area contributed by atoms with Crippen molar-refractivity contribution in [2.45, 2.75) is 6.92 Å². The molecule has 7 heteroatoms. The Morgan fingerprint density at radius 2 is 2.16 bits per heavy atom. The lowest BCUT2D eigenvalue weighted by Gasteiger charge is -2.09. The van der Waals surface area contributed by atoms with Crippen LogP contribution in [0, 0.1) is 6.92 Å². The average Bonchev–Trinajstić information content (AvgIpc) is 2.82. The topological polar surface area (TPSA) is 92.5 Å². The fourth-order valence-corrected chi connectivity index (χ4v) is 2.15. The van der Waals surface area contributed by atoms with Crippen molar-refractivity contribution in [3.8, 4) is 0 Å². The van der Waals surface area contributed by atoms with Gasteiger partial charge in [0, 0.05) is 4.47 Å². The monoisotopic (exact) mass is 318 g/mol. The Hall–Kier alpha value is -2.15. The highest BCUT2D eigenvalue weighted by Gasteiger charge is 2.10. The number of nitrogens with one attached hydrogen (secondary N) is 2. The predicted octanol–water partition coefficient (Wildman–Crippen LogP) is 2.75. The van der Waals surface area contributed by atoms with E-state index in [0.717, 1.165) is 21.2 Å². The molecule has 0 spiro atoms. The number of hydrogen-bond acceptors (Lipinski definition) is 5. The third-order valence-electron chi connectivity index (χ3n) is 2.68. The minimum absolute atomic E-state index is 0.186. The van der Waals surface area contributed by atoms with Crippen molar-refractivity contribution in [3.63, 3.8) is 0 Å². The van der Waals surface area contributed by atoms with Crippen molar-refractivity contribution in [1.82, 2.24) is 19.9 Å². The largest absolute Gasteiger partial charge is 0.368 e. The van der Waals surface area contributed by atoms with Gasteiger partial charge in [0.1, 0.15) is 5.52 Å². The minimum atomic E-state index is 0.186. The Balaban J connectivity index is 2.10. The van der Waals surface area contributed by atoms with Crippen LogP contribution in [0.1, 0.15) is 5.56 Å². The first-order valence-electron chi connectivity index (χ1n) is 5.63. The molecule has 4 N–H and O–H groups in total. The van der Waals surface area contributed by atoms with E-state index in [1.54, 1.807) is 6.33 Å². The van der Waals surface area contributed by atoms with Gasteiger partial charge in [-0.1, -0.05) is 6.07 Å². The summed E-state index contributed by atoms with van der Waals surface area (Å²) in [6.07, 6.45) is 1.56. The number of hydrogen-bond donors (Lipinski definition) is 3. The molecule has 0 unspecified atom stereocenters. The zero-order valence-electron chi connectivity index (χ0n) is 10.1. The molecule has 2 aromatic heterocycles. The highest BCUT2D eigenvalue weighted by Crippen LogP contribution is 2.28. The Morgan fingerprint density at radius 1 is 1.32 bits per heavy atom. The van der Waals surface area contributed by atoms with E-state index < -0.39 is 0 Å². The van der Waals surface area contributed by atoms with E-state index in [-0.39, 0.29) is 5.95 Å². The number of nitrogens with zero attached hydrogens (tertiary/aromatic N) is 3. The second-order valence-corrected chi connectivity index (χ2v) is 4.99. The maximum atomic E-state index is 5.68. The minimum Gasteiger partial charge on any atom is -0.368 e. The van der Waals surface area contributed by atoms with E-state index in [2.05, 4.69) is 41.2 Å². The summed E-state index contributed by atoms with van der Waals surface area (Å²) in [6, 6.07) is 6.02. The summed E-state index contributed by atoms with van der Waals surface area (Å²) in [4.78, 5) is 15.3. The molecule has 96 valence electrons. The van der Waals surface area contributed by atoms with Crippen LogP contribution in [0.25, 0.3) is 11.2 Å². The standard InChI is InChI=1S/C12H11BrN6/c1-6-2-3-7(13)8(4-6)17-11-9-10(16-5-15-9)18-12(14)19-11/h2-5H,1H3,(H4,14,15,16,17,18,19). The van der Waals surface area contributed by atoms with Crippen LogP contribution in [-0.4, -0.2) is 19.9 Å². The molecular formula is C12H11BrN6. The predicted molar refractivity (Wildman–Crippen MR) is 78.3 cm³/mol. The Kier molecular flexibility index (Phi) is 2.83. The number of imidazole rings is 1. The molecule has 2 heterocycles. The van der Waals surface area contributed by atoms with Gasteiger partial charge >= 0.3 is 0 Å². The number of aryl methyl sites for hydroxylation is 1. The molecule has 0 atom stereocenters. The van der Waals surface area contributed by atoms with Gasteiger partial charge in [0.15, 0.2) is 11.5 Å². The summed E-state index contributed by atoms with van der Waals surface area (Å²) in [5.74, 6) is 0.789. The van der Waals surface area contributed by atoms with E-state index >= 15 is 0 Å². The van der Waals surface area contributed by atoms with Gasteiger partial charge < -0.3 is 16.0 Å². The van der Waals surface area contributed by atoms with Crippen molar-refractivity contribution < 1.29 is 0 Å². The SMILES string of the molecule is Cc1ccc(Br)c(Nc2nc(N)nc3nc[nH]c23)c1. The van der Waals surface area contributed by atoms with Crippen LogP contribution in [-0.2, 0) is 0 Å². The van der Waals surface area contributed by atoms with Crippen LogP contribution in [0.15, 0.2) is 29.0 Å². The molecule has 0 amide bonds. The van der Waals surface area contributed by atoms with Crippen LogP contribution in [0.4, 0.5) is 17.5 Å². The summed E-state index contributed by atoms with van der Waals surface area (Å²) >= 11 is 3.50.